The number of aliphatic hydroxyl groups is 1. The average molecular weight is 381 g/mol. The molecule has 148 valence electrons. The van der Waals surface area contributed by atoms with Gasteiger partial charge in [0.25, 0.3) is 0 Å². The van der Waals surface area contributed by atoms with E-state index in [-0.39, 0.29) is 18.0 Å². The fraction of sp³-hybridized carbons (Fsp3) is 0.455. The number of carbonyl (C=O) groups is 1. The summed E-state index contributed by atoms with van der Waals surface area (Å²) in [6, 6.07) is 13.8. The monoisotopic (exact) mass is 381 g/mol. The summed E-state index contributed by atoms with van der Waals surface area (Å²) in [5.74, 6) is 0.803. The maximum Gasteiger partial charge on any atom is 0.234 e. The van der Waals surface area contributed by atoms with Gasteiger partial charge in [-0.05, 0) is 55.5 Å². The highest BCUT2D eigenvalue weighted by Crippen LogP contribution is 2.44. The second-order valence-electron chi connectivity index (χ2n) is 7.84. The van der Waals surface area contributed by atoms with Gasteiger partial charge in [0.2, 0.25) is 5.91 Å². The molecular formula is C22H27N3O3. The van der Waals surface area contributed by atoms with Gasteiger partial charge in [-0.3, -0.25) is 14.7 Å². The topological polar surface area (TPSA) is 74.7 Å². The Kier molecular flexibility index (Phi) is 5.33. The number of ether oxygens (including phenoxy) is 1. The fourth-order valence-electron chi connectivity index (χ4n) is 4.63. The van der Waals surface area contributed by atoms with Crippen molar-refractivity contribution in [1.82, 2.24) is 15.2 Å². The summed E-state index contributed by atoms with van der Waals surface area (Å²) < 4.78 is 5.23. The number of piperidine rings is 1. The number of carbonyl (C=O) groups excluding carboxylic acids is 1. The Bertz CT molecular complexity index is 813. The largest absolute Gasteiger partial charge is 0.497 e. The number of nitrogens with zero attached hydrogens (tertiary/aromatic N) is 2. The maximum absolute atomic E-state index is 12.5. The van der Waals surface area contributed by atoms with Crippen LogP contribution in [0.2, 0.25) is 0 Å². The lowest BCUT2D eigenvalue weighted by Gasteiger charge is -2.43. The van der Waals surface area contributed by atoms with E-state index in [0.717, 1.165) is 29.8 Å². The highest BCUT2D eigenvalue weighted by atomic mass is 16.5. The molecule has 6 heteroatoms. The molecule has 0 saturated carbocycles. The normalized spacial score (nSPS) is 26.8. The van der Waals surface area contributed by atoms with Crippen LogP contribution in [0.4, 0.5) is 0 Å². The van der Waals surface area contributed by atoms with Crippen LogP contribution in [-0.4, -0.2) is 46.6 Å². The predicted octanol–water partition coefficient (Wildman–Crippen LogP) is 2.22. The Hall–Kier alpha value is -2.44. The van der Waals surface area contributed by atoms with Crippen molar-refractivity contribution in [3.8, 4) is 5.75 Å². The number of methoxy groups -OCH3 is 1. The molecule has 6 nitrogen and oxygen atoms in total. The molecule has 1 amide bonds. The molecule has 4 rings (SSSR count). The van der Waals surface area contributed by atoms with Gasteiger partial charge in [0, 0.05) is 24.8 Å². The number of hydrogen-bond acceptors (Lipinski definition) is 5. The molecule has 2 fully saturated rings. The quantitative estimate of drug-likeness (QED) is 0.803. The molecule has 2 saturated heterocycles. The molecule has 2 atom stereocenters. The van der Waals surface area contributed by atoms with Crippen LogP contribution in [0, 0.1) is 0 Å². The number of hydrogen-bond donors (Lipinski definition) is 2. The molecule has 1 aromatic heterocycles. The standard InChI is InChI=1S/C22H27N3O3/c1-28-19-6-4-5-16(11-19)14-24-21(26)15-25-17-8-9-18(25)13-22(27,12-17)20-7-2-3-10-23-20/h2-7,10-11,17-18,27H,8-9,12-15H2,1H3,(H,24,26). The van der Waals surface area contributed by atoms with Crippen molar-refractivity contribution in [3.63, 3.8) is 0 Å². The van der Waals surface area contributed by atoms with Gasteiger partial charge in [0.1, 0.15) is 11.4 Å². The highest BCUT2D eigenvalue weighted by Gasteiger charge is 2.49. The van der Waals surface area contributed by atoms with E-state index in [1.54, 1.807) is 13.3 Å². The summed E-state index contributed by atoms with van der Waals surface area (Å²) in [6.07, 6.45) is 5.02. The van der Waals surface area contributed by atoms with Crippen molar-refractivity contribution in [2.75, 3.05) is 13.7 Å². The third-order valence-corrected chi connectivity index (χ3v) is 6.01. The van der Waals surface area contributed by atoms with E-state index in [0.29, 0.717) is 25.9 Å². The predicted molar refractivity (Wildman–Crippen MR) is 106 cm³/mol. The minimum absolute atomic E-state index is 0.0167. The number of aromatic nitrogens is 1. The first-order valence-electron chi connectivity index (χ1n) is 9.87. The Balaban J connectivity index is 1.35. The summed E-state index contributed by atoms with van der Waals surface area (Å²) >= 11 is 0. The molecule has 2 N–H and O–H groups in total. The average Bonchev–Trinajstić information content (AvgIpc) is 2.96. The number of amides is 1. The van der Waals surface area contributed by atoms with Crippen molar-refractivity contribution in [2.24, 2.45) is 0 Å². The molecule has 2 unspecified atom stereocenters. The summed E-state index contributed by atoms with van der Waals surface area (Å²) in [6.45, 7) is 0.856. The van der Waals surface area contributed by atoms with Gasteiger partial charge in [-0.25, -0.2) is 0 Å². The SMILES string of the molecule is COc1cccc(CNC(=O)CN2C3CCC2CC(O)(c2ccccn2)C3)c1. The fourth-order valence-corrected chi connectivity index (χ4v) is 4.63. The lowest BCUT2D eigenvalue weighted by Crippen LogP contribution is -2.52. The first-order chi connectivity index (χ1) is 13.6. The molecule has 0 radical (unpaired) electrons. The van der Waals surface area contributed by atoms with Crippen LogP contribution >= 0.6 is 0 Å². The molecular weight excluding hydrogens is 354 g/mol. The minimum atomic E-state index is -0.888. The first-order valence-corrected chi connectivity index (χ1v) is 9.87. The van der Waals surface area contributed by atoms with E-state index in [2.05, 4.69) is 15.2 Å². The first kappa shape index (κ1) is 18.9. The lowest BCUT2D eigenvalue weighted by molar-refractivity contribution is -0.126. The highest BCUT2D eigenvalue weighted by molar-refractivity contribution is 5.78. The van der Waals surface area contributed by atoms with Gasteiger partial charge >= 0.3 is 0 Å². The van der Waals surface area contributed by atoms with E-state index in [1.807, 2.05) is 42.5 Å². The zero-order valence-corrected chi connectivity index (χ0v) is 16.2. The van der Waals surface area contributed by atoms with Crippen LogP contribution in [0.1, 0.15) is 36.9 Å². The molecule has 2 aliphatic rings. The number of nitrogens with one attached hydrogen (secondary N) is 1. The maximum atomic E-state index is 12.5. The van der Waals surface area contributed by atoms with Crippen LogP contribution in [0.5, 0.6) is 5.75 Å². The molecule has 2 aromatic rings. The van der Waals surface area contributed by atoms with E-state index in [1.165, 1.54) is 0 Å². The van der Waals surface area contributed by atoms with Crippen LogP contribution in [0.3, 0.4) is 0 Å². The third kappa shape index (κ3) is 3.88. The third-order valence-electron chi connectivity index (χ3n) is 6.01. The molecule has 0 spiro atoms. The minimum Gasteiger partial charge on any atom is -0.497 e. The number of pyridine rings is 1. The van der Waals surface area contributed by atoms with Crippen LogP contribution < -0.4 is 10.1 Å². The van der Waals surface area contributed by atoms with Crippen LogP contribution in [0.15, 0.2) is 48.7 Å². The lowest BCUT2D eigenvalue weighted by atomic mass is 9.83. The van der Waals surface area contributed by atoms with Crippen molar-refractivity contribution in [2.45, 2.75) is 49.9 Å². The summed E-state index contributed by atoms with van der Waals surface area (Å²) in [5.41, 5.74) is 0.869. The van der Waals surface area contributed by atoms with E-state index in [9.17, 15) is 9.90 Å². The Labute approximate surface area is 165 Å². The van der Waals surface area contributed by atoms with Gasteiger partial charge in [0.15, 0.2) is 0 Å². The number of benzene rings is 1. The second kappa shape index (κ2) is 7.89. The molecule has 1 aromatic carbocycles. The zero-order valence-electron chi connectivity index (χ0n) is 16.2. The van der Waals surface area contributed by atoms with Gasteiger partial charge in [-0.2, -0.15) is 0 Å². The van der Waals surface area contributed by atoms with Crippen molar-refractivity contribution >= 4 is 5.91 Å². The van der Waals surface area contributed by atoms with E-state index < -0.39 is 5.60 Å². The molecule has 0 aliphatic carbocycles. The van der Waals surface area contributed by atoms with Gasteiger partial charge in [-0.15, -0.1) is 0 Å². The molecule has 3 heterocycles. The second-order valence-corrected chi connectivity index (χ2v) is 7.84. The molecule has 28 heavy (non-hydrogen) atoms. The summed E-state index contributed by atoms with van der Waals surface area (Å²) in [5, 5.41) is 14.2. The van der Waals surface area contributed by atoms with Gasteiger partial charge in [-0.1, -0.05) is 18.2 Å². The van der Waals surface area contributed by atoms with Gasteiger partial charge < -0.3 is 15.2 Å². The summed E-state index contributed by atoms with van der Waals surface area (Å²) in [4.78, 5) is 19.2. The Morgan fingerprint density at radius 2 is 2.04 bits per heavy atom. The smallest absolute Gasteiger partial charge is 0.234 e. The van der Waals surface area contributed by atoms with Crippen molar-refractivity contribution < 1.29 is 14.6 Å². The zero-order chi connectivity index (χ0) is 19.6. The molecule has 2 bridgehead atoms. The van der Waals surface area contributed by atoms with E-state index in [4.69, 9.17) is 4.74 Å². The van der Waals surface area contributed by atoms with Crippen molar-refractivity contribution in [1.29, 1.82) is 0 Å². The number of rotatable bonds is 6. The van der Waals surface area contributed by atoms with Crippen LogP contribution in [0.25, 0.3) is 0 Å². The molecule has 2 aliphatic heterocycles. The van der Waals surface area contributed by atoms with Crippen LogP contribution in [-0.2, 0) is 16.9 Å². The Morgan fingerprint density at radius 3 is 2.71 bits per heavy atom. The summed E-state index contributed by atoms with van der Waals surface area (Å²) in [7, 11) is 1.63. The van der Waals surface area contributed by atoms with Crippen molar-refractivity contribution in [3.05, 3.63) is 59.9 Å². The Morgan fingerprint density at radius 1 is 1.25 bits per heavy atom. The van der Waals surface area contributed by atoms with E-state index >= 15 is 0 Å². The number of fused-ring (bicyclic) bond motifs is 2. The van der Waals surface area contributed by atoms with Gasteiger partial charge in [0.05, 0.1) is 19.3 Å².